The average molecular weight is 251 g/mol. The van der Waals surface area contributed by atoms with E-state index in [-0.39, 0.29) is 11.9 Å². The van der Waals surface area contributed by atoms with Crippen LogP contribution in [0.4, 0.5) is 11.6 Å². The van der Waals surface area contributed by atoms with Crippen LogP contribution in [0.15, 0.2) is 12.4 Å². The molecule has 1 amide bonds. The molecule has 1 heterocycles. The topological polar surface area (TPSA) is 70.2 Å². The van der Waals surface area contributed by atoms with Crippen molar-refractivity contribution in [3.05, 3.63) is 12.4 Å². The number of hydrogen-bond donors (Lipinski definition) is 2. The molecule has 0 spiro atoms. The van der Waals surface area contributed by atoms with Crippen molar-refractivity contribution in [1.82, 2.24) is 14.9 Å². The molecular weight excluding hydrogens is 230 g/mol. The summed E-state index contributed by atoms with van der Waals surface area (Å²) in [6.07, 6.45) is 3.23. The first-order chi connectivity index (χ1) is 8.62. The van der Waals surface area contributed by atoms with Gasteiger partial charge in [-0.05, 0) is 20.8 Å². The number of amides is 1. The lowest BCUT2D eigenvalue weighted by molar-refractivity contribution is -0.131. The highest BCUT2D eigenvalue weighted by molar-refractivity contribution is 5.84. The zero-order valence-electron chi connectivity index (χ0n) is 11.4. The van der Waals surface area contributed by atoms with Gasteiger partial charge in [-0.3, -0.25) is 9.78 Å². The molecule has 2 N–H and O–H groups in total. The van der Waals surface area contributed by atoms with Gasteiger partial charge in [-0.25, -0.2) is 4.98 Å². The number of hydrogen-bond acceptors (Lipinski definition) is 5. The number of likely N-dealkylation sites (N-methyl/N-ethyl adjacent to an activating group) is 1. The zero-order chi connectivity index (χ0) is 13.5. The maximum absolute atomic E-state index is 12.1. The lowest BCUT2D eigenvalue weighted by Gasteiger charge is -2.23. The Hall–Kier alpha value is -1.85. The summed E-state index contributed by atoms with van der Waals surface area (Å²) in [7, 11) is 1.78. The van der Waals surface area contributed by atoms with Crippen LogP contribution in [0.2, 0.25) is 0 Å². The molecule has 0 saturated heterocycles. The number of nitrogens with one attached hydrogen (secondary N) is 2. The minimum Gasteiger partial charge on any atom is -0.372 e. The van der Waals surface area contributed by atoms with Gasteiger partial charge < -0.3 is 15.5 Å². The van der Waals surface area contributed by atoms with Crippen molar-refractivity contribution < 1.29 is 4.79 Å². The van der Waals surface area contributed by atoms with E-state index in [0.29, 0.717) is 24.7 Å². The van der Waals surface area contributed by atoms with E-state index < -0.39 is 0 Å². The monoisotopic (exact) mass is 251 g/mol. The van der Waals surface area contributed by atoms with Gasteiger partial charge in [-0.15, -0.1) is 0 Å². The summed E-state index contributed by atoms with van der Waals surface area (Å²) < 4.78 is 0. The van der Waals surface area contributed by atoms with Gasteiger partial charge in [0.15, 0.2) is 0 Å². The van der Waals surface area contributed by atoms with Crippen molar-refractivity contribution >= 4 is 17.5 Å². The first-order valence-corrected chi connectivity index (χ1v) is 6.17. The van der Waals surface area contributed by atoms with E-state index in [1.807, 2.05) is 20.8 Å². The highest BCUT2D eigenvalue weighted by atomic mass is 16.2. The molecule has 1 aromatic rings. The van der Waals surface area contributed by atoms with Crippen LogP contribution in [0, 0.1) is 0 Å². The molecule has 6 heteroatoms. The molecule has 1 rings (SSSR count). The van der Waals surface area contributed by atoms with Gasteiger partial charge in [-0.1, -0.05) is 0 Å². The van der Waals surface area contributed by atoms with Gasteiger partial charge >= 0.3 is 0 Å². The van der Waals surface area contributed by atoms with Crippen molar-refractivity contribution in [1.29, 1.82) is 0 Å². The fourth-order valence-electron chi connectivity index (χ4n) is 1.65. The third-order valence-electron chi connectivity index (χ3n) is 2.70. The predicted octanol–water partition coefficient (Wildman–Crippen LogP) is 1.19. The summed E-state index contributed by atoms with van der Waals surface area (Å²) in [5, 5.41) is 5.97. The van der Waals surface area contributed by atoms with Crippen LogP contribution in [0.5, 0.6) is 0 Å². The second-order valence-corrected chi connectivity index (χ2v) is 3.92. The summed E-state index contributed by atoms with van der Waals surface area (Å²) in [6, 6.07) is -0.314. The van der Waals surface area contributed by atoms with Crippen molar-refractivity contribution in [2.75, 3.05) is 30.8 Å². The summed E-state index contributed by atoms with van der Waals surface area (Å²) in [6.45, 7) is 7.19. The average Bonchev–Trinajstić information content (AvgIpc) is 2.40. The molecule has 0 saturated carbocycles. The van der Waals surface area contributed by atoms with E-state index >= 15 is 0 Å². The smallest absolute Gasteiger partial charge is 0.244 e. The van der Waals surface area contributed by atoms with E-state index in [1.165, 1.54) is 0 Å². The maximum Gasteiger partial charge on any atom is 0.244 e. The molecule has 0 aliphatic carbocycles. The van der Waals surface area contributed by atoms with Crippen LogP contribution >= 0.6 is 0 Å². The summed E-state index contributed by atoms with van der Waals surface area (Å²) in [4.78, 5) is 22.2. The summed E-state index contributed by atoms with van der Waals surface area (Å²) in [5.41, 5.74) is 0. The second kappa shape index (κ2) is 6.78. The molecule has 0 aliphatic rings. The zero-order valence-corrected chi connectivity index (χ0v) is 11.4. The summed E-state index contributed by atoms with van der Waals surface area (Å²) in [5.74, 6) is 1.33. The Morgan fingerprint density at radius 1 is 1.33 bits per heavy atom. The molecule has 0 fully saturated rings. The quantitative estimate of drug-likeness (QED) is 0.794. The Bertz CT molecular complexity index is 392. The molecule has 0 bridgehead atoms. The second-order valence-electron chi connectivity index (χ2n) is 3.92. The van der Waals surface area contributed by atoms with Crippen LogP contribution in [-0.4, -0.2) is 47.0 Å². The number of aromatic nitrogens is 2. The molecule has 1 aromatic heterocycles. The third-order valence-corrected chi connectivity index (χ3v) is 2.70. The standard InChI is InChI=1S/C12H21N5O/c1-5-17(6-2)12(18)9(3)15-11-8-14-7-10(13-4)16-11/h7-9H,5-6H2,1-4H3,(H2,13,15,16). The molecule has 0 aromatic carbocycles. The highest BCUT2D eigenvalue weighted by Crippen LogP contribution is 2.08. The van der Waals surface area contributed by atoms with Crippen LogP contribution in [0.3, 0.4) is 0 Å². The molecule has 6 nitrogen and oxygen atoms in total. The van der Waals surface area contributed by atoms with E-state index in [1.54, 1.807) is 24.3 Å². The van der Waals surface area contributed by atoms with Crippen molar-refractivity contribution in [2.45, 2.75) is 26.8 Å². The van der Waals surface area contributed by atoms with Gasteiger partial charge in [0.05, 0.1) is 12.4 Å². The van der Waals surface area contributed by atoms with E-state index in [0.717, 1.165) is 0 Å². The Kier molecular flexibility index (Phi) is 5.35. The Balaban J connectivity index is 2.68. The van der Waals surface area contributed by atoms with E-state index in [4.69, 9.17) is 0 Å². The molecular formula is C12H21N5O. The van der Waals surface area contributed by atoms with Gasteiger partial charge in [0.1, 0.15) is 17.7 Å². The van der Waals surface area contributed by atoms with Gasteiger partial charge in [0.2, 0.25) is 5.91 Å². The fraction of sp³-hybridized carbons (Fsp3) is 0.583. The minimum atomic E-state index is -0.314. The highest BCUT2D eigenvalue weighted by Gasteiger charge is 2.18. The van der Waals surface area contributed by atoms with E-state index in [9.17, 15) is 4.79 Å². The van der Waals surface area contributed by atoms with Gasteiger partial charge in [0.25, 0.3) is 0 Å². The predicted molar refractivity (Wildman–Crippen MR) is 72.6 cm³/mol. The third kappa shape index (κ3) is 3.58. The number of anilines is 2. The first kappa shape index (κ1) is 14.2. The lowest BCUT2D eigenvalue weighted by atomic mass is 10.3. The van der Waals surface area contributed by atoms with Crippen LogP contribution in [0.1, 0.15) is 20.8 Å². The van der Waals surface area contributed by atoms with Gasteiger partial charge in [-0.2, -0.15) is 0 Å². The number of rotatable bonds is 6. The van der Waals surface area contributed by atoms with Crippen LogP contribution in [-0.2, 0) is 4.79 Å². The molecule has 1 atom stereocenters. The van der Waals surface area contributed by atoms with Crippen molar-refractivity contribution in [3.63, 3.8) is 0 Å². The van der Waals surface area contributed by atoms with Crippen molar-refractivity contribution in [2.24, 2.45) is 0 Å². The molecule has 18 heavy (non-hydrogen) atoms. The normalized spacial score (nSPS) is 11.8. The molecule has 0 aliphatic heterocycles. The minimum absolute atomic E-state index is 0.0664. The van der Waals surface area contributed by atoms with Crippen molar-refractivity contribution in [3.8, 4) is 0 Å². The van der Waals surface area contributed by atoms with Gasteiger partial charge in [0, 0.05) is 20.1 Å². The Labute approximate surface area is 108 Å². The Morgan fingerprint density at radius 2 is 1.94 bits per heavy atom. The lowest BCUT2D eigenvalue weighted by Crippen LogP contribution is -2.41. The molecule has 0 radical (unpaired) electrons. The number of carbonyl (C=O) groups is 1. The maximum atomic E-state index is 12.1. The fourth-order valence-corrected chi connectivity index (χ4v) is 1.65. The first-order valence-electron chi connectivity index (χ1n) is 6.17. The molecule has 1 unspecified atom stereocenters. The SMILES string of the molecule is CCN(CC)C(=O)C(C)Nc1cncc(NC)n1. The van der Waals surface area contributed by atoms with Crippen LogP contribution < -0.4 is 10.6 Å². The Morgan fingerprint density at radius 3 is 2.50 bits per heavy atom. The summed E-state index contributed by atoms with van der Waals surface area (Å²) >= 11 is 0. The van der Waals surface area contributed by atoms with Crippen LogP contribution in [0.25, 0.3) is 0 Å². The van der Waals surface area contributed by atoms with E-state index in [2.05, 4.69) is 20.6 Å². The largest absolute Gasteiger partial charge is 0.372 e. The molecule has 100 valence electrons. The number of nitrogens with zero attached hydrogens (tertiary/aromatic N) is 3. The number of carbonyl (C=O) groups excluding carboxylic acids is 1.